The van der Waals surface area contributed by atoms with Crippen molar-refractivity contribution in [2.75, 3.05) is 0 Å². The first kappa shape index (κ1) is 9.30. The van der Waals surface area contributed by atoms with Crippen LogP contribution in [0, 0.1) is 12.8 Å². The summed E-state index contributed by atoms with van der Waals surface area (Å²) < 4.78 is 2.12. The lowest BCUT2D eigenvalue weighted by Crippen LogP contribution is -1.98. The first-order valence-electron chi connectivity index (χ1n) is 4.78. The van der Waals surface area contributed by atoms with E-state index in [9.17, 15) is 0 Å². The standard InChI is InChI=1S/C8H12N2.C2H6/c1-6-3-8-7(2)4-9-10(8)5-6;1-2/h4,6H,3,5H2,1-2H3;1-2H3. The van der Waals surface area contributed by atoms with Gasteiger partial charge in [-0.25, -0.2) is 0 Å². The first-order chi connectivity index (χ1) is 5.77. The minimum absolute atomic E-state index is 0.794. The van der Waals surface area contributed by atoms with Crippen molar-refractivity contribution in [3.8, 4) is 0 Å². The lowest BCUT2D eigenvalue weighted by molar-refractivity contribution is 0.529. The van der Waals surface area contributed by atoms with E-state index in [0.717, 1.165) is 12.5 Å². The van der Waals surface area contributed by atoms with E-state index in [0.29, 0.717) is 0 Å². The molecule has 0 saturated carbocycles. The SMILES string of the molecule is CC.Cc1cnn2c1CC(C)C2. The Morgan fingerprint density at radius 1 is 1.50 bits per heavy atom. The highest BCUT2D eigenvalue weighted by atomic mass is 15.3. The maximum absolute atomic E-state index is 4.26. The molecule has 1 aliphatic rings. The molecular weight excluding hydrogens is 148 g/mol. The van der Waals surface area contributed by atoms with Crippen LogP contribution in [0.3, 0.4) is 0 Å². The predicted molar refractivity (Wildman–Crippen MR) is 51.2 cm³/mol. The van der Waals surface area contributed by atoms with Gasteiger partial charge in [-0.15, -0.1) is 0 Å². The Hall–Kier alpha value is -0.790. The fraction of sp³-hybridized carbons (Fsp3) is 0.700. The Bertz CT molecular complexity index is 250. The van der Waals surface area contributed by atoms with Crippen molar-refractivity contribution >= 4 is 0 Å². The number of fused-ring (bicyclic) bond motifs is 1. The minimum atomic E-state index is 0.794. The summed E-state index contributed by atoms with van der Waals surface area (Å²) in [7, 11) is 0. The molecule has 1 aromatic heterocycles. The van der Waals surface area contributed by atoms with Crippen LogP contribution >= 0.6 is 0 Å². The van der Waals surface area contributed by atoms with Gasteiger partial charge in [-0.05, 0) is 24.8 Å². The molecule has 2 rings (SSSR count). The van der Waals surface area contributed by atoms with Crippen molar-refractivity contribution in [3.63, 3.8) is 0 Å². The van der Waals surface area contributed by atoms with Gasteiger partial charge in [-0.3, -0.25) is 4.68 Å². The highest BCUT2D eigenvalue weighted by molar-refractivity contribution is 5.18. The number of nitrogens with zero attached hydrogens (tertiary/aromatic N) is 2. The van der Waals surface area contributed by atoms with Crippen LogP contribution in [0.1, 0.15) is 32.0 Å². The first-order valence-corrected chi connectivity index (χ1v) is 4.78. The molecule has 0 N–H and O–H groups in total. The van der Waals surface area contributed by atoms with E-state index in [4.69, 9.17) is 0 Å². The van der Waals surface area contributed by atoms with Crippen LogP contribution < -0.4 is 0 Å². The van der Waals surface area contributed by atoms with Gasteiger partial charge in [0.1, 0.15) is 0 Å². The lowest BCUT2D eigenvalue weighted by atomic mass is 10.1. The van der Waals surface area contributed by atoms with Gasteiger partial charge >= 0.3 is 0 Å². The third-order valence-corrected chi connectivity index (χ3v) is 2.18. The second-order valence-corrected chi connectivity index (χ2v) is 3.27. The molecule has 12 heavy (non-hydrogen) atoms. The maximum atomic E-state index is 4.26. The third kappa shape index (κ3) is 1.52. The molecule has 2 heterocycles. The van der Waals surface area contributed by atoms with Crippen molar-refractivity contribution in [2.24, 2.45) is 5.92 Å². The van der Waals surface area contributed by atoms with Gasteiger partial charge < -0.3 is 0 Å². The number of aryl methyl sites for hydroxylation is 1. The Kier molecular flexibility index (Phi) is 2.90. The van der Waals surface area contributed by atoms with Gasteiger partial charge in [0.15, 0.2) is 0 Å². The van der Waals surface area contributed by atoms with Gasteiger partial charge in [0.25, 0.3) is 0 Å². The van der Waals surface area contributed by atoms with Gasteiger partial charge in [0.2, 0.25) is 0 Å². The molecule has 68 valence electrons. The largest absolute Gasteiger partial charge is 0.269 e. The molecule has 0 amide bonds. The number of hydrogen-bond donors (Lipinski definition) is 0. The Labute approximate surface area is 74.6 Å². The van der Waals surface area contributed by atoms with Crippen LogP contribution in [-0.4, -0.2) is 9.78 Å². The van der Waals surface area contributed by atoms with E-state index in [-0.39, 0.29) is 0 Å². The summed E-state index contributed by atoms with van der Waals surface area (Å²) in [6.07, 6.45) is 3.17. The molecule has 0 aliphatic carbocycles. The van der Waals surface area contributed by atoms with Crippen molar-refractivity contribution in [1.29, 1.82) is 0 Å². The van der Waals surface area contributed by atoms with Gasteiger partial charge in [-0.2, -0.15) is 5.10 Å². The van der Waals surface area contributed by atoms with Crippen molar-refractivity contribution in [2.45, 2.75) is 40.7 Å². The Balaban J connectivity index is 0.000000336. The predicted octanol–water partition coefficient (Wildman–Crippen LogP) is 2.41. The molecule has 0 aromatic carbocycles. The molecule has 0 radical (unpaired) electrons. The summed E-state index contributed by atoms with van der Waals surface area (Å²) in [6.45, 7) is 9.52. The summed E-state index contributed by atoms with van der Waals surface area (Å²) in [5.41, 5.74) is 2.79. The number of aromatic nitrogens is 2. The zero-order valence-corrected chi connectivity index (χ0v) is 8.46. The van der Waals surface area contributed by atoms with E-state index in [1.807, 2.05) is 20.0 Å². The average molecular weight is 166 g/mol. The van der Waals surface area contributed by atoms with Gasteiger partial charge in [-0.1, -0.05) is 20.8 Å². The van der Waals surface area contributed by atoms with E-state index < -0.39 is 0 Å². The zero-order valence-electron chi connectivity index (χ0n) is 8.46. The van der Waals surface area contributed by atoms with E-state index in [1.165, 1.54) is 17.7 Å². The molecule has 2 heteroatoms. The molecule has 1 aromatic rings. The molecular formula is C10H18N2. The van der Waals surface area contributed by atoms with Crippen LogP contribution in [0.25, 0.3) is 0 Å². The lowest BCUT2D eigenvalue weighted by Gasteiger charge is -1.94. The van der Waals surface area contributed by atoms with Crippen LogP contribution in [-0.2, 0) is 13.0 Å². The zero-order chi connectivity index (χ0) is 9.14. The highest BCUT2D eigenvalue weighted by Crippen LogP contribution is 2.21. The van der Waals surface area contributed by atoms with Gasteiger partial charge in [0.05, 0.1) is 6.20 Å². The summed E-state index contributed by atoms with van der Waals surface area (Å²) >= 11 is 0. The monoisotopic (exact) mass is 166 g/mol. The molecule has 1 aliphatic heterocycles. The Morgan fingerprint density at radius 2 is 2.17 bits per heavy atom. The molecule has 0 bridgehead atoms. The average Bonchev–Trinajstić information content (AvgIpc) is 2.58. The fourth-order valence-electron chi connectivity index (χ4n) is 1.62. The molecule has 0 saturated heterocycles. The fourth-order valence-corrected chi connectivity index (χ4v) is 1.62. The number of hydrogen-bond acceptors (Lipinski definition) is 1. The molecule has 1 atom stereocenters. The second kappa shape index (κ2) is 3.74. The topological polar surface area (TPSA) is 17.8 Å². The molecule has 2 nitrogen and oxygen atoms in total. The Morgan fingerprint density at radius 3 is 2.75 bits per heavy atom. The van der Waals surface area contributed by atoms with Crippen molar-refractivity contribution < 1.29 is 0 Å². The number of rotatable bonds is 0. The van der Waals surface area contributed by atoms with Crippen LogP contribution in [0.15, 0.2) is 6.20 Å². The summed E-state index contributed by atoms with van der Waals surface area (Å²) in [4.78, 5) is 0. The molecule has 0 fully saturated rings. The van der Waals surface area contributed by atoms with E-state index >= 15 is 0 Å². The van der Waals surface area contributed by atoms with E-state index in [2.05, 4.69) is 23.6 Å². The van der Waals surface area contributed by atoms with Crippen molar-refractivity contribution in [1.82, 2.24) is 9.78 Å². The van der Waals surface area contributed by atoms with Crippen LogP contribution in [0.2, 0.25) is 0 Å². The molecule has 1 unspecified atom stereocenters. The summed E-state index contributed by atoms with van der Waals surface area (Å²) in [6, 6.07) is 0. The highest BCUT2D eigenvalue weighted by Gasteiger charge is 2.19. The maximum Gasteiger partial charge on any atom is 0.0521 e. The van der Waals surface area contributed by atoms with E-state index in [1.54, 1.807) is 0 Å². The summed E-state index contributed by atoms with van der Waals surface area (Å²) in [5, 5.41) is 4.26. The van der Waals surface area contributed by atoms with Crippen LogP contribution in [0.5, 0.6) is 0 Å². The smallest absolute Gasteiger partial charge is 0.0521 e. The summed E-state index contributed by atoms with van der Waals surface area (Å²) in [5.74, 6) is 0.794. The second-order valence-electron chi connectivity index (χ2n) is 3.27. The normalized spacial score (nSPS) is 19.8. The third-order valence-electron chi connectivity index (χ3n) is 2.18. The van der Waals surface area contributed by atoms with Crippen molar-refractivity contribution in [3.05, 3.63) is 17.5 Å². The van der Waals surface area contributed by atoms with Gasteiger partial charge in [0, 0.05) is 12.2 Å². The quantitative estimate of drug-likeness (QED) is 0.578. The minimum Gasteiger partial charge on any atom is -0.269 e. The van der Waals surface area contributed by atoms with Crippen LogP contribution in [0.4, 0.5) is 0 Å². The molecule has 0 spiro atoms.